The van der Waals surface area contributed by atoms with Gasteiger partial charge >= 0.3 is 0 Å². The maximum Gasteiger partial charge on any atom is 0.274 e. The number of anilines is 1. The fraction of sp³-hybridized carbons (Fsp3) is 0.0952. The quantitative estimate of drug-likeness (QED) is 0.441. The summed E-state index contributed by atoms with van der Waals surface area (Å²) < 4.78 is 48.0. The number of ether oxygens (including phenoxy) is 1. The Morgan fingerprint density at radius 3 is 2.66 bits per heavy atom. The molecule has 29 heavy (non-hydrogen) atoms. The SMILES string of the molecule is COc1ccccc1N(Cc1ccc(F)c2cccnc12)S(=O)(=O)c1cccs1. The number of pyridine rings is 1. The standard InChI is InChI=1S/C21H17FN2O3S2/c1-27-19-8-3-2-7-18(19)24(29(25,26)20-9-5-13-28-20)14-15-10-11-17(22)16-6-4-12-23-21(15)16/h2-13H,14H2,1H3. The minimum atomic E-state index is -3.87. The van der Waals surface area contributed by atoms with Gasteiger partial charge in [0.1, 0.15) is 15.8 Å². The number of thiophene rings is 1. The summed E-state index contributed by atoms with van der Waals surface area (Å²) in [6, 6.07) is 16.3. The average Bonchev–Trinajstić information content (AvgIpc) is 3.29. The van der Waals surface area contributed by atoms with Gasteiger partial charge in [0.25, 0.3) is 10.0 Å². The summed E-state index contributed by atoms with van der Waals surface area (Å²) in [5, 5.41) is 2.06. The number of hydrogen-bond acceptors (Lipinski definition) is 5. The molecule has 0 fully saturated rings. The highest BCUT2D eigenvalue weighted by molar-refractivity contribution is 7.94. The van der Waals surface area contributed by atoms with Crippen LogP contribution in [0.2, 0.25) is 0 Å². The molecular weight excluding hydrogens is 411 g/mol. The topological polar surface area (TPSA) is 59.5 Å². The van der Waals surface area contributed by atoms with Crippen molar-refractivity contribution in [2.75, 3.05) is 11.4 Å². The maximum absolute atomic E-state index is 14.2. The number of rotatable bonds is 6. The average molecular weight is 429 g/mol. The van der Waals surface area contributed by atoms with Gasteiger partial charge in [0.2, 0.25) is 0 Å². The molecule has 148 valence electrons. The van der Waals surface area contributed by atoms with E-state index in [9.17, 15) is 12.8 Å². The molecule has 0 radical (unpaired) electrons. The van der Waals surface area contributed by atoms with E-state index in [4.69, 9.17) is 4.74 Å². The van der Waals surface area contributed by atoms with Crippen LogP contribution in [0, 0.1) is 5.82 Å². The Hall–Kier alpha value is -2.97. The molecule has 0 aliphatic rings. The second-order valence-electron chi connectivity index (χ2n) is 6.22. The van der Waals surface area contributed by atoms with Crippen LogP contribution in [-0.2, 0) is 16.6 Å². The molecular formula is C21H17FN2O3S2. The number of nitrogens with zero attached hydrogens (tertiary/aromatic N) is 2. The minimum absolute atomic E-state index is 0.0194. The highest BCUT2D eigenvalue weighted by atomic mass is 32.2. The first-order valence-electron chi connectivity index (χ1n) is 8.74. The van der Waals surface area contributed by atoms with Gasteiger partial charge in [-0.25, -0.2) is 12.8 Å². The highest BCUT2D eigenvalue weighted by Crippen LogP contribution is 2.35. The van der Waals surface area contributed by atoms with Gasteiger partial charge in [-0.05, 0) is 47.3 Å². The third-order valence-corrected chi connectivity index (χ3v) is 7.64. The Bertz CT molecular complexity index is 1260. The third kappa shape index (κ3) is 3.56. The lowest BCUT2D eigenvalue weighted by molar-refractivity contribution is 0.415. The molecule has 2 aromatic carbocycles. The highest BCUT2D eigenvalue weighted by Gasteiger charge is 2.29. The minimum Gasteiger partial charge on any atom is -0.495 e. The maximum atomic E-state index is 14.2. The Kier molecular flexibility index (Phi) is 5.21. The van der Waals surface area contributed by atoms with Crippen molar-refractivity contribution in [3.8, 4) is 5.75 Å². The largest absolute Gasteiger partial charge is 0.495 e. The zero-order valence-corrected chi connectivity index (χ0v) is 17.1. The van der Waals surface area contributed by atoms with E-state index in [0.717, 1.165) is 11.3 Å². The lowest BCUT2D eigenvalue weighted by Gasteiger charge is -2.26. The van der Waals surface area contributed by atoms with Crippen LogP contribution in [0.3, 0.4) is 0 Å². The summed E-state index contributed by atoms with van der Waals surface area (Å²) in [5.41, 5.74) is 1.42. The smallest absolute Gasteiger partial charge is 0.274 e. The summed E-state index contributed by atoms with van der Waals surface area (Å²) in [6.07, 6.45) is 1.56. The van der Waals surface area contributed by atoms with Crippen LogP contribution in [0.4, 0.5) is 10.1 Å². The zero-order valence-electron chi connectivity index (χ0n) is 15.4. The molecule has 2 heterocycles. The fourth-order valence-corrected chi connectivity index (χ4v) is 5.69. The van der Waals surface area contributed by atoms with E-state index in [1.165, 1.54) is 17.5 Å². The summed E-state index contributed by atoms with van der Waals surface area (Å²) in [7, 11) is -2.38. The Morgan fingerprint density at radius 2 is 1.90 bits per heavy atom. The van der Waals surface area contributed by atoms with Crippen molar-refractivity contribution in [1.29, 1.82) is 0 Å². The van der Waals surface area contributed by atoms with E-state index in [1.54, 1.807) is 66.2 Å². The van der Waals surface area contributed by atoms with Crippen LogP contribution in [0.5, 0.6) is 5.75 Å². The molecule has 0 amide bonds. The van der Waals surface area contributed by atoms with Crippen LogP contribution in [-0.4, -0.2) is 20.5 Å². The lowest BCUT2D eigenvalue weighted by atomic mass is 10.1. The molecule has 0 N–H and O–H groups in total. The molecule has 4 rings (SSSR count). The summed E-state index contributed by atoms with van der Waals surface area (Å²) in [5.74, 6) is 0.0220. The summed E-state index contributed by atoms with van der Waals surface area (Å²) in [6.45, 7) is -0.0194. The molecule has 0 unspecified atom stereocenters. The zero-order chi connectivity index (χ0) is 20.4. The molecule has 0 aliphatic carbocycles. The monoisotopic (exact) mass is 428 g/mol. The Morgan fingerprint density at radius 1 is 1.07 bits per heavy atom. The predicted molar refractivity (Wildman–Crippen MR) is 112 cm³/mol. The summed E-state index contributed by atoms with van der Waals surface area (Å²) >= 11 is 1.14. The van der Waals surface area contributed by atoms with Gasteiger partial charge in [-0.2, -0.15) is 0 Å². The second-order valence-corrected chi connectivity index (χ2v) is 9.26. The van der Waals surface area contributed by atoms with E-state index in [1.807, 2.05) is 0 Å². The number of methoxy groups -OCH3 is 1. The van der Waals surface area contributed by atoms with Crippen LogP contribution >= 0.6 is 11.3 Å². The number of halogens is 1. The van der Waals surface area contributed by atoms with Crippen molar-refractivity contribution < 1.29 is 17.5 Å². The first kappa shape index (κ1) is 19.4. The Balaban J connectivity index is 1.90. The predicted octanol–water partition coefficient (Wildman–Crippen LogP) is 4.84. The molecule has 0 spiro atoms. The summed E-state index contributed by atoms with van der Waals surface area (Å²) in [4.78, 5) is 4.29. The molecule has 2 aromatic heterocycles. The third-order valence-electron chi connectivity index (χ3n) is 4.51. The van der Waals surface area contributed by atoms with Crippen molar-refractivity contribution in [2.45, 2.75) is 10.8 Å². The van der Waals surface area contributed by atoms with Crippen LogP contribution in [0.25, 0.3) is 10.9 Å². The number of hydrogen-bond donors (Lipinski definition) is 0. The number of fused-ring (bicyclic) bond motifs is 1. The van der Waals surface area contributed by atoms with E-state index < -0.39 is 15.8 Å². The van der Waals surface area contributed by atoms with Crippen molar-refractivity contribution in [2.24, 2.45) is 0 Å². The number of aromatic nitrogens is 1. The van der Waals surface area contributed by atoms with E-state index in [-0.39, 0.29) is 10.8 Å². The molecule has 0 atom stereocenters. The molecule has 4 aromatic rings. The van der Waals surface area contributed by atoms with Crippen LogP contribution in [0.1, 0.15) is 5.56 Å². The second kappa shape index (κ2) is 7.81. The number of para-hydroxylation sites is 2. The normalized spacial score (nSPS) is 11.5. The van der Waals surface area contributed by atoms with Crippen molar-refractivity contribution in [1.82, 2.24) is 4.98 Å². The van der Waals surface area contributed by atoms with Gasteiger partial charge < -0.3 is 4.74 Å². The van der Waals surface area contributed by atoms with E-state index >= 15 is 0 Å². The lowest BCUT2D eigenvalue weighted by Crippen LogP contribution is -2.30. The van der Waals surface area contributed by atoms with Gasteiger partial charge in [-0.15, -0.1) is 11.3 Å². The number of benzene rings is 2. The van der Waals surface area contributed by atoms with Crippen molar-refractivity contribution >= 4 is 38.0 Å². The van der Waals surface area contributed by atoms with Gasteiger partial charge in [0.05, 0.1) is 24.9 Å². The van der Waals surface area contributed by atoms with Gasteiger partial charge in [0, 0.05) is 11.6 Å². The van der Waals surface area contributed by atoms with Crippen molar-refractivity contribution in [3.05, 3.63) is 83.6 Å². The number of sulfonamides is 1. The van der Waals surface area contributed by atoms with Gasteiger partial charge in [0.15, 0.2) is 0 Å². The van der Waals surface area contributed by atoms with Crippen molar-refractivity contribution in [3.63, 3.8) is 0 Å². The van der Waals surface area contributed by atoms with Crippen LogP contribution < -0.4 is 9.04 Å². The molecule has 0 saturated carbocycles. The molecule has 8 heteroatoms. The van der Waals surface area contributed by atoms with Gasteiger partial charge in [-0.3, -0.25) is 9.29 Å². The molecule has 0 bridgehead atoms. The van der Waals surface area contributed by atoms with Gasteiger partial charge in [-0.1, -0.05) is 24.3 Å². The Labute approximate surface area is 172 Å². The van der Waals surface area contributed by atoms with Crippen LogP contribution in [0.15, 0.2) is 76.4 Å². The molecule has 0 saturated heterocycles. The first-order valence-corrected chi connectivity index (χ1v) is 11.1. The molecule has 5 nitrogen and oxygen atoms in total. The fourth-order valence-electron chi connectivity index (χ4n) is 3.13. The molecule has 0 aliphatic heterocycles. The van der Waals surface area contributed by atoms with E-state index in [2.05, 4.69) is 4.98 Å². The van der Waals surface area contributed by atoms with E-state index in [0.29, 0.717) is 27.9 Å². The first-order chi connectivity index (χ1) is 14.0.